The third-order valence-electron chi connectivity index (χ3n) is 2.54. The second-order valence-corrected chi connectivity index (χ2v) is 3.87. The Bertz CT molecular complexity index is 498. The predicted molar refractivity (Wildman–Crippen MR) is 68.5 cm³/mol. The van der Waals surface area contributed by atoms with E-state index < -0.39 is 0 Å². The van der Waals surface area contributed by atoms with Crippen LogP contribution in [0.2, 0.25) is 0 Å². The lowest BCUT2D eigenvalue weighted by Gasteiger charge is -2.09. The van der Waals surface area contributed by atoms with E-state index in [0.29, 0.717) is 12.6 Å². The quantitative estimate of drug-likeness (QED) is 0.799. The van der Waals surface area contributed by atoms with Gasteiger partial charge in [0, 0.05) is 32.7 Å². The molecule has 0 aliphatic heterocycles. The van der Waals surface area contributed by atoms with E-state index >= 15 is 0 Å². The molecule has 4 nitrogen and oxygen atoms in total. The van der Waals surface area contributed by atoms with Gasteiger partial charge in [-0.3, -0.25) is 4.57 Å². The number of benzene rings is 1. The van der Waals surface area contributed by atoms with Crippen LogP contribution < -0.4 is 5.32 Å². The molecule has 0 saturated carbocycles. The standard InChI is InChI=1S/C13H16FN3O/c1-18-9-3-6-15-13-16-7-8-17(13)12-5-2-4-11(14)10-12/h2,4-5,7-8,10H,3,6,9H2,1H3,(H,15,16). The molecule has 0 aliphatic carbocycles. The average Bonchev–Trinajstić information content (AvgIpc) is 2.83. The van der Waals surface area contributed by atoms with E-state index in [-0.39, 0.29) is 5.82 Å². The maximum atomic E-state index is 13.2. The summed E-state index contributed by atoms with van der Waals surface area (Å²) in [5, 5.41) is 3.20. The lowest BCUT2D eigenvalue weighted by atomic mass is 10.3. The monoisotopic (exact) mass is 249 g/mol. The molecule has 0 spiro atoms. The SMILES string of the molecule is COCCCNc1nccn1-c1cccc(F)c1. The number of nitrogens with zero attached hydrogens (tertiary/aromatic N) is 2. The van der Waals surface area contributed by atoms with Crippen LogP contribution in [0.4, 0.5) is 10.3 Å². The van der Waals surface area contributed by atoms with E-state index in [1.165, 1.54) is 12.1 Å². The molecule has 96 valence electrons. The molecule has 5 heteroatoms. The Morgan fingerprint density at radius 2 is 2.33 bits per heavy atom. The predicted octanol–water partition coefficient (Wildman–Crippen LogP) is 2.46. The van der Waals surface area contributed by atoms with E-state index in [1.807, 2.05) is 10.6 Å². The highest BCUT2D eigenvalue weighted by molar-refractivity contribution is 5.41. The summed E-state index contributed by atoms with van der Waals surface area (Å²) in [5.74, 6) is 0.447. The molecule has 0 radical (unpaired) electrons. The zero-order chi connectivity index (χ0) is 12.8. The molecule has 1 heterocycles. The fraction of sp³-hybridized carbons (Fsp3) is 0.308. The van der Waals surface area contributed by atoms with Crippen molar-refractivity contribution >= 4 is 5.95 Å². The summed E-state index contributed by atoms with van der Waals surface area (Å²) < 4.78 is 20.0. The zero-order valence-corrected chi connectivity index (χ0v) is 10.3. The molecule has 0 amide bonds. The number of hydrogen-bond acceptors (Lipinski definition) is 3. The maximum absolute atomic E-state index is 13.2. The van der Waals surface area contributed by atoms with Crippen molar-refractivity contribution in [3.05, 3.63) is 42.5 Å². The molecule has 1 aromatic carbocycles. The molecule has 1 N–H and O–H groups in total. The largest absolute Gasteiger partial charge is 0.385 e. The van der Waals surface area contributed by atoms with Crippen LogP contribution in [-0.4, -0.2) is 29.8 Å². The van der Waals surface area contributed by atoms with E-state index in [9.17, 15) is 4.39 Å². The number of nitrogens with one attached hydrogen (secondary N) is 1. The van der Waals surface area contributed by atoms with Crippen LogP contribution in [0.5, 0.6) is 0 Å². The Morgan fingerprint density at radius 1 is 1.44 bits per heavy atom. The minimum Gasteiger partial charge on any atom is -0.385 e. The minimum absolute atomic E-state index is 0.258. The molecule has 1 aromatic heterocycles. The van der Waals surface area contributed by atoms with Gasteiger partial charge in [0.15, 0.2) is 0 Å². The summed E-state index contributed by atoms with van der Waals surface area (Å²) in [7, 11) is 1.67. The van der Waals surface area contributed by atoms with Crippen molar-refractivity contribution in [3.63, 3.8) is 0 Å². The van der Waals surface area contributed by atoms with Gasteiger partial charge in [0.25, 0.3) is 0 Å². The van der Waals surface area contributed by atoms with E-state index in [2.05, 4.69) is 10.3 Å². The Morgan fingerprint density at radius 3 is 3.11 bits per heavy atom. The van der Waals surface area contributed by atoms with Crippen LogP contribution >= 0.6 is 0 Å². The van der Waals surface area contributed by atoms with Crippen LogP contribution in [0, 0.1) is 5.82 Å². The van der Waals surface area contributed by atoms with Crippen LogP contribution in [0.1, 0.15) is 6.42 Å². The highest BCUT2D eigenvalue weighted by Crippen LogP contribution is 2.15. The summed E-state index contributed by atoms with van der Waals surface area (Å²) in [5.41, 5.74) is 0.752. The fourth-order valence-corrected chi connectivity index (χ4v) is 1.69. The van der Waals surface area contributed by atoms with Gasteiger partial charge in [-0.05, 0) is 24.6 Å². The number of ether oxygens (including phenoxy) is 1. The van der Waals surface area contributed by atoms with Crippen molar-refractivity contribution in [2.75, 3.05) is 25.6 Å². The van der Waals surface area contributed by atoms with Crippen LogP contribution in [-0.2, 0) is 4.74 Å². The molecular weight excluding hydrogens is 233 g/mol. The molecule has 0 fully saturated rings. The molecule has 2 aromatic rings. The first-order chi connectivity index (χ1) is 8.81. The minimum atomic E-state index is -0.258. The topological polar surface area (TPSA) is 39.1 Å². The van der Waals surface area contributed by atoms with Gasteiger partial charge >= 0.3 is 0 Å². The zero-order valence-electron chi connectivity index (χ0n) is 10.3. The number of hydrogen-bond donors (Lipinski definition) is 1. The van der Waals surface area contributed by atoms with E-state index in [4.69, 9.17) is 4.74 Å². The fourth-order valence-electron chi connectivity index (χ4n) is 1.69. The molecule has 2 rings (SSSR count). The van der Waals surface area contributed by atoms with Crippen molar-refractivity contribution in [2.45, 2.75) is 6.42 Å². The number of rotatable bonds is 6. The number of halogens is 1. The van der Waals surface area contributed by atoms with Crippen LogP contribution in [0.25, 0.3) is 5.69 Å². The van der Waals surface area contributed by atoms with Gasteiger partial charge in [0.1, 0.15) is 5.82 Å². The van der Waals surface area contributed by atoms with Gasteiger partial charge in [-0.1, -0.05) is 6.07 Å². The summed E-state index contributed by atoms with van der Waals surface area (Å²) in [6.45, 7) is 1.47. The molecule has 0 unspecified atom stereocenters. The lowest BCUT2D eigenvalue weighted by molar-refractivity contribution is 0.197. The Balaban J connectivity index is 2.08. The number of anilines is 1. The van der Waals surface area contributed by atoms with Gasteiger partial charge in [0.2, 0.25) is 5.95 Å². The van der Waals surface area contributed by atoms with Gasteiger partial charge in [-0.15, -0.1) is 0 Å². The maximum Gasteiger partial charge on any atom is 0.207 e. The lowest BCUT2D eigenvalue weighted by Crippen LogP contribution is -2.09. The summed E-state index contributed by atoms with van der Waals surface area (Å²) in [6.07, 6.45) is 4.38. The Labute approximate surface area is 105 Å². The van der Waals surface area contributed by atoms with Gasteiger partial charge < -0.3 is 10.1 Å². The van der Waals surface area contributed by atoms with Crippen LogP contribution in [0.15, 0.2) is 36.7 Å². The van der Waals surface area contributed by atoms with Gasteiger partial charge in [0.05, 0.1) is 5.69 Å². The Kier molecular flexibility index (Phi) is 4.30. The number of imidazole rings is 1. The summed E-state index contributed by atoms with van der Waals surface area (Å²) in [6, 6.07) is 6.42. The summed E-state index contributed by atoms with van der Waals surface area (Å²) in [4.78, 5) is 4.21. The second kappa shape index (κ2) is 6.16. The highest BCUT2D eigenvalue weighted by atomic mass is 19.1. The van der Waals surface area contributed by atoms with Crippen molar-refractivity contribution in [2.24, 2.45) is 0 Å². The van der Waals surface area contributed by atoms with Crippen LogP contribution in [0.3, 0.4) is 0 Å². The average molecular weight is 249 g/mol. The molecular formula is C13H16FN3O. The first kappa shape index (κ1) is 12.6. The first-order valence-corrected chi connectivity index (χ1v) is 5.83. The smallest absolute Gasteiger partial charge is 0.207 e. The summed E-state index contributed by atoms with van der Waals surface area (Å²) >= 11 is 0. The van der Waals surface area contributed by atoms with Crippen molar-refractivity contribution < 1.29 is 9.13 Å². The molecule has 0 saturated heterocycles. The van der Waals surface area contributed by atoms with E-state index in [0.717, 1.165) is 18.7 Å². The Hall–Kier alpha value is -1.88. The van der Waals surface area contributed by atoms with Crippen molar-refractivity contribution in [1.82, 2.24) is 9.55 Å². The number of methoxy groups -OCH3 is 1. The molecule has 0 atom stereocenters. The van der Waals surface area contributed by atoms with Crippen molar-refractivity contribution in [1.29, 1.82) is 0 Å². The third kappa shape index (κ3) is 3.07. The highest BCUT2D eigenvalue weighted by Gasteiger charge is 2.04. The second-order valence-electron chi connectivity index (χ2n) is 3.87. The van der Waals surface area contributed by atoms with E-state index in [1.54, 1.807) is 25.6 Å². The first-order valence-electron chi connectivity index (χ1n) is 5.83. The molecule has 0 bridgehead atoms. The normalized spacial score (nSPS) is 10.6. The number of aromatic nitrogens is 2. The third-order valence-corrected chi connectivity index (χ3v) is 2.54. The van der Waals surface area contributed by atoms with Gasteiger partial charge in [-0.2, -0.15) is 0 Å². The molecule has 18 heavy (non-hydrogen) atoms. The molecule has 0 aliphatic rings. The van der Waals surface area contributed by atoms with Crippen molar-refractivity contribution in [3.8, 4) is 5.69 Å². The van der Waals surface area contributed by atoms with Gasteiger partial charge in [-0.25, -0.2) is 9.37 Å².